The molecular formula is C13H27N3O. The molecule has 2 unspecified atom stereocenters. The Kier molecular flexibility index (Phi) is 4.95. The Hall–Kier alpha value is -0.610. The average molecular weight is 241 g/mol. The minimum atomic E-state index is -0.688. The molecule has 1 aliphatic rings. The third kappa shape index (κ3) is 3.42. The van der Waals surface area contributed by atoms with Crippen molar-refractivity contribution in [3.63, 3.8) is 0 Å². The van der Waals surface area contributed by atoms with Gasteiger partial charge in [0, 0.05) is 18.6 Å². The zero-order valence-corrected chi connectivity index (χ0v) is 11.6. The summed E-state index contributed by atoms with van der Waals surface area (Å²) >= 11 is 0. The first-order valence-corrected chi connectivity index (χ1v) is 6.73. The predicted molar refractivity (Wildman–Crippen MR) is 70.8 cm³/mol. The van der Waals surface area contributed by atoms with Gasteiger partial charge in [0.1, 0.15) is 0 Å². The number of amides is 1. The number of likely N-dealkylation sites (tertiary alicyclic amines) is 1. The number of hydrogen-bond donors (Lipinski definition) is 2. The summed E-state index contributed by atoms with van der Waals surface area (Å²) in [6, 6.07) is 0.819. The van der Waals surface area contributed by atoms with Crippen LogP contribution in [0, 0.1) is 0 Å². The molecule has 4 heteroatoms. The Bertz CT molecular complexity index is 263. The highest BCUT2D eigenvalue weighted by molar-refractivity contribution is 5.86. The number of nitrogens with two attached hydrogens (primary N) is 1. The van der Waals surface area contributed by atoms with Gasteiger partial charge in [-0.25, -0.2) is 0 Å². The molecule has 4 nitrogen and oxygen atoms in total. The van der Waals surface area contributed by atoms with Crippen molar-refractivity contribution in [3.8, 4) is 0 Å². The molecule has 0 aromatic heterocycles. The summed E-state index contributed by atoms with van der Waals surface area (Å²) in [6.07, 6.45) is 3.43. The van der Waals surface area contributed by atoms with E-state index in [-0.39, 0.29) is 11.9 Å². The highest BCUT2D eigenvalue weighted by Gasteiger charge is 2.32. The summed E-state index contributed by atoms with van der Waals surface area (Å²) in [4.78, 5) is 14.5. The van der Waals surface area contributed by atoms with Gasteiger partial charge in [0.2, 0.25) is 5.91 Å². The fourth-order valence-electron chi connectivity index (χ4n) is 2.32. The second-order valence-corrected chi connectivity index (χ2v) is 5.39. The molecule has 0 aromatic carbocycles. The van der Waals surface area contributed by atoms with E-state index in [0.717, 1.165) is 19.4 Å². The molecule has 2 atom stereocenters. The summed E-state index contributed by atoms with van der Waals surface area (Å²) in [6.45, 7) is 7.19. The van der Waals surface area contributed by atoms with Crippen molar-refractivity contribution in [2.45, 2.75) is 64.1 Å². The van der Waals surface area contributed by atoms with E-state index in [2.05, 4.69) is 24.2 Å². The van der Waals surface area contributed by atoms with Gasteiger partial charge in [0.15, 0.2) is 0 Å². The van der Waals surface area contributed by atoms with E-state index in [1.54, 1.807) is 0 Å². The van der Waals surface area contributed by atoms with Crippen molar-refractivity contribution in [2.75, 3.05) is 13.6 Å². The van der Waals surface area contributed by atoms with Gasteiger partial charge < -0.3 is 16.0 Å². The first-order chi connectivity index (χ1) is 7.92. The van der Waals surface area contributed by atoms with Crippen molar-refractivity contribution >= 4 is 5.91 Å². The Morgan fingerprint density at radius 2 is 2.06 bits per heavy atom. The van der Waals surface area contributed by atoms with Crippen molar-refractivity contribution in [1.29, 1.82) is 0 Å². The smallest absolute Gasteiger partial charge is 0.240 e. The maximum absolute atomic E-state index is 12.1. The fraction of sp³-hybridized carbons (Fsp3) is 0.923. The van der Waals surface area contributed by atoms with Crippen molar-refractivity contribution in [1.82, 2.24) is 10.2 Å². The summed E-state index contributed by atoms with van der Waals surface area (Å²) in [5.74, 6) is 0.0178. The lowest BCUT2D eigenvalue weighted by Crippen LogP contribution is -2.57. The maximum atomic E-state index is 12.1. The van der Waals surface area contributed by atoms with Gasteiger partial charge in [-0.3, -0.25) is 4.79 Å². The van der Waals surface area contributed by atoms with Gasteiger partial charge in [-0.1, -0.05) is 13.8 Å². The standard InChI is InChI=1S/C13H27N3O/c1-5-13(14,6-2)12(17)15-11-7-8-16(4)10(3)9-11/h10-11H,5-9,14H2,1-4H3,(H,15,17). The van der Waals surface area contributed by atoms with Crippen LogP contribution in [-0.4, -0.2) is 42.0 Å². The van der Waals surface area contributed by atoms with E-state index in [0.29, 0.717) is 18.9 Å². The molecular weight excluding hydrogens is 214 g/mol. The van der Waals surface area contributed by atoms with E-state index in [9.17, 15) is 4.79 Å². The monoisotopic (exact) mass is 241 g/mol. The quantitative estimate of drug-likeness (QED) is 0.775. The number of nitrogens with one attached hydrogen (secondary N) is 1. The normalized spacial score (nSPS) is 26.9. The van der Waals surface area contributed by atoms with Crippen LogP contribution in [0.15, 0.2) is 0 Å². The van der Waals surface area contributed by atoms with Crippen LogP contribution in [-0.2, 0) is 4.79 Å². The molecule has 1 amide bonds. The maximum Gasteiger partial charge on any atom is 0.240 e. The average Bonchev–Trinajstić information content (AvgIpc) is 2.32. The van der Waals surface area contributed by atoms with Gasteiger partial charge >= 0.3 is 0 Å². The molecule has 0 bridgehead atoms. The molecule has 1 aliphatic heterocycles. The lowest BCUT2D eigenvalue weighted by atomic mass is 9.91. The van der Waals surface area contributed by atoms with Crippen LogP contribution in [0.3, 0.4) is 0 Å². The summed E-state index contributed by atoms with van der Waals surface area (Å²) in [5, 5.41) is 3.12. The Labute approximate surface area is 105 Å². The lowest BCUT2D eigenvalue weighted by molar-refractivity contribution is -0.127. The number of piperidine rings is 1. The molecule has 1 fully saturated rings. The van der Waals surface area contributed by atoms with Crippen LogP contribution in [0.25, 0.3) is 0 Å². The van der Waals surface area contributed by atoms with Crippen LogP contribution in [0.1, 0.15) is 46.5 Å². The molecule has 1 heterocycles. The highest BCUT2D eigenvalue weighted by atomic mass is 16.2. The highest BCUT2D eigenvalue weighted by Crippen LogP contribution is 2.17. The molecule has 1 rings (SSSR count). The molecule has 1 saturated heterocycles. The first-order valence-electron chi connectivity index (χ1n) is 6.73. The second-order valence-electron chi connectivity index (χ2n) is 5.39. The van der Waals surface area contributed by atoms with Crippen molar-refractivity contribution in [3.05, 3.63) is 0 Å². The van der Waals surface area contributed by atoms with E-state index >= 15 is 0 Å². The third-order valence-electron chi connectivity index (χ3n) is 4.26. The van der Waals surface area contributed by atoms with Gasteiger partial charge in [0.25, 0.3) is 0 Å². The van der Waals surface area contributed by atoms with Crippen LogP contribution in [0.2, 0.25) is 0 Å². The predicted octanol–water partition coefficient (Wildman–Crippen LogP) is 1.10. The van der Waals surface area contributed by atoms with E-state index in [4.69, 9.17) is 5.73 Å². The second kappa shape index (κ2) is 5.83. The van der Waals surface area contributed by atoms with Gasteiger partial charge in [-0.15, -0.1) is 0 Å². The zero-order valence-electron chi connectivity index (χ0n) is 11.6. The van der Waals surface area contributed by atoms with Crippen LogP contribution < -0.4 is 11.1 Å². The number of hydrogen-bond acceptors (Lipinski definition) is 3. The SMILES string of the molecule is CCC(N)(CC)C(=O)NC1CCN(C)C(C)C1. The molecule has 0 aliphatic carbocycles. The summed E-state index contributed by atoms with van der Waals surface area (Å²) in [5.41, 5.74) is 5.41. The third-order valence-corrected chi connectivity index (χ3v) is 4.26. The summed E-state index contributed by atoms with van der Waals surface area (Å²) in [7, 11) is 2.13. The Morgan fingerprint density at radius 3 is 2.53 bits per heavy atom. The summed E-state index contributed by atoms with van der Waals surface area (Å²) < 4.78 is 0. The first kappa shape index (κ1) is 14.5. The Balaban J connectivity index is 2.52. The number of carbonyl (C=O) groups excluding carboxylic acids is 1. The van der Waals surface area contributed by atoms with Crippen LogP contribution in [0.5, 0.6) is 0 Å². The van der Waals surface area contributed by atoms with Crippen LogP contribution in [0.4, 0.5) is 0 Å². The fourth-order valence-corrected chi connectivity index (χ4v) is 2.32. The molecule has 0 aromatic rings. The lowest BCUT2D eigenvalue weighted by Gasteiger charge is -2.37. The molecule has 0 saturated carbocycles. The van der Waals surface area contributed by atoms with Gasteiger partial charge in [-0.05, 0) is 39.7 Å². The zero-order chi connectivity index (χ0) is 13.1. The van der Waals surface area contributed by atoms with E-state index in [1.165, 1.54) is 0 Å². The minimum Gasteiger partial charge on any atom is -0.352 e. The minimum absolute atomic E-state index is 0.0178. The molecule has 0 radical (unpaired) electrons. The van der Waals surface area contributed by atoms with Gasteiger partial charge in [-0.2, -0.15) is 0 Å². The number of nitrogens with zero attached hydrogens (tertiary/aromatic N) is 1. The molecule has 0 spiro atoms. The van der Waals surface area contributed by atoms with Crippen LogP contribution >= 0.6 is 0 Å². The van der Waals surface area contributed by atoms with Crippen molar-refractivity contribution in [2.24, 2.45) is 5.73 Å². The largest absolute Gasteiger partial charge is 0.352 e. The molecule has 3 N–H and O–H groups in total. The van der Waals surface area contributed by atoms with Gasteiger partial charge in [0.05, 0.1) is 5.54 Å². The van der Waals surface area contributed by atoms with E-state index in [1.807, 2.05) is 13.8 Å². The van der Waals surface area contributed by atoms with Crippen molar-refractivity contribution < 1.29 is 4.79 Å². The number of rotatable bonds is 4. The molecule has 17 heavy (non-hydrogen) atoms. The Morgan fingerprint density at radius 1 is 1.47 bits per heavy atom. The number of carbonyl (C=O) groups is 1. The van der Waals surface area contributed by atoms with E-state index < -0.39 is 5.54 Å². The molecule has 100 valence electrons. The topological polar surface area (TPSA) is 58.4 Å².